The molecule has 6 heteroatoms. The predicted octanol–water partition coefficient (Wildman–Crippen LogP) is 3.35. The van der Waals surface area contributed by atoms with Crippen LogP contribution in [0.25, 0.3) is 0 Å². The quantitative estimate of drug-likeness (QED) is 0.485. The van der Waals surface area contributed by atoms with Gasteiger partial charge in [-0.3, -0.25) is 4.79 Å². The molecule has 6 aliphatic rings. The third kappa shape index (κ3) is 2.63. The van der Waals surface area contributed by atoms with E-state index in [1.165, 1.54) is 0 Å². The molecule has 1 saturated heterocycles. The Morgan fingerprint density at radius 1 is 1.18 bits per heavy atom. The van der Waals surface area contributed by atoms with Crippen LogP contribution < -0.4 is 0 Å². The zero-order valence-corrected chi connectivity index (χ0v) is 20.8. The summed E-state index contributed by atoms with van der Waals surface area (Å²) in [5, 5.41) is 20.4. The van der Waals surface area contributed by atoms with Crippen molar-refractivity contribution >= 4 is 11.8 Å². The van der Waals surface area contributed by atoms with E-state index in [2.05, 4.69) is 20.8 Å². The summed E-state index contributed by atoms with van der Waals surface area (Å²) < 4.78 is 12.1. The second kappa shape index (κ2) is 7.27. The first-order valence-corrected chi connectivity index (χ1v) is 13.2. The average molecular weight is 471 g/mol. The Morgan fingerprint density at radius 3 is 2.65 bits per heavy atom. The van der Waals surface area contributed by atoms with Crippen LogP contribution in [-0.4, -0.2) is 52.5 Å². The Kier molecular flexibility index (Phi) is 4.90. The van der Waals surface area contributed by atoms with Gasteiger partial charge in [0, 0.05) is 6.42 Å². The van der Waals surface area contributed by atoms with Crippen molar-refractivity contribution in [3.05, 3.63) is 23.3 Å². The van der Waals surface area contributed by atoms with E-state index < -0.39 is 17.1 Å². The fourth-order valence-corrected chi connectivity index (χ4v) is 9.69. The van der Waals surface area contributed by atoms with Crippen LogP contribution in [0, 0.1) is 40.4 Å². The SMILES string of the molecule is CC1=C(CO)C(=O)OC([C@@H](C)[C@H]2CC[C@H]3[C@@H]4C[C@H]5O[C@]56[C@@H](O)C=CC(=O)[C@]6(C)[C@H]4CC[C@]23C)C1. The third-order valence-corrected chi connectivity index (χ3v) is 11.6. The second-order valence-corrected chi connectivity index (χ2v) is 12.5. The van der Waals surface area contributed by atoms with Crippen molar-refractivity contribution in [2.24, 2.45) is 40.4 Å². The van der Waals surface area contributed by atoms with Crippen LogP contribution in [0.1, 0.15) is 66.2 Å². The van der Waals surface area contributed by atoms with Crippen molar-refractivity contribution in [1.29, 1.82) is 0 Å². The smallest absolute Gasteiger partial charge is 0.336 e. The topological polar surface area (TPSA) is 96.4 Å². The normalized spacial score (nSPS) is 52.4. The number of aliphatic hydroxyl groups is 2. The molecule has 3 saturated carbocycles. The Labute approximate surface area is 201 Å². The molecule has 0 aromatic rings. The van der Waals surface area contributed by atoms with Crippen LogP contribution in [0.5, 0.6) is 0 Å². The van der Waals surface area contributed by atoms with E-state index in [9.17, 15) is 19.8 Å². The molecule has 2 heterocycles. The van der Waals surface area contributed by atoms with Crippen LogP contribution >= 0.6 is 0 Å². The number of fused-ring (bicyclic) bond motifs is 4. The van der Waals surface area contributed by atoms with Crippen molar-refractivity contribution in [3.63, 3.8) is 0 Å². The molecule has 6 rings (SSSR count). The number of epoxide rings is 1. The molecule has 0 amide bonds. The molecule has 4 aliphatic carbocycles. The molecule has 4 fully saturated rings. The van der Waals surface area contributed by atoms with Gasteiger partial charge in [-0.25, -0.2) is 4.79 Å². The fraction of sp³-hybridized carbons (Fsp3) is 0.786. The molecule has 0 aromatic carbocycles. The van der Waals surface area contributed by atoms with Gasteiger partial charge < -0.3 is 19.7 Å². The summed E-state index contributed by atoms with van der Waals surface area (Å²) in [5.74, 6) is 1.61. The zero-order chi connectivity index (χ0) is 24.2. The molecule has 11 atom stereocenters. The van der Waals surface area contributed by atoms with Crippen molar-refractivity contribution in [3.8, 4) is 0 Å². The van der Waals surface area contributed by atoms with E-state index in [1.54, 1.807) is 12.2 Å². The highest BCUT2D eigenvalue weighted by Gasteiger charge is 2.80. The highest BCUT2D eigenvalue weighted by atomic mass is 16.6. The minimum atomic E-state index is -0.719. The number of carbonyl (C=O) groups is 2. The van der Waals surface area contributed by atoms with E-state index >= 15 is 0 Å². The Bertz CT molecular complexity index is 999. The van der Waals surface area contributed by atoms with Gasteiger partial charge in [-0.05, 0) is 93.1 Å². The Hall–Kier alpha value is -1.50. The molecule has 186 valence electrons. The van der Waals surface area contributed by atoms with E-state index in [-0.39, 0.29) is 47.8 Å². The first-order chi connectivity index (χ1) is 16.1. The van der Waals surface area contributed by atoms with E-state index in [4.69, 9.17) is 9.47 Å². The summed E-state index contributed by atoms with van der Waals surface area (Å²) in [4.78, 5) is 25.8. The largest absolute Gasteiger partial charge is 0.458 e. The third-order valence-electron chi connectivity index (χ3n) is 11.6. The van der Waals surface area contributed by atoms with Gasteiger partial charge >= 0.3 is 5.97 Å². The lowest BCUT2D eigenvalue weighted by Crippen LogP contribution is -2.63. The van der Waals surface area contributed by atoms with E-state index in [1.807, 2.05) is 6.92 Å². The van der Waals surface area contributed by atoms with Crippen LogP contribution in [0.4, 0.5) is 0 Å². The number of aliphatic hydroxyl groups excluding tert-OH is 2. The average Bonchev–Trinajstić information content (AvgIpc) is 3.43. The number of rotatable bonds is 3. The van der Waals surface area contributed by atoms with Crippen molar-refractivity contribution < 1.29 is 29.3 Å². The molecule has 2 N–H and O–H groups in total. The van der Waals surface area contributed by atoms with Crippen molar-refractivity contribution in [2.75, 3.05) is 6.61 Å². The number of cyclic esters (lactones) is 1. The first-order valence-electron chi connectivity index (χ1n) is 13.2. The van der Waals surface area contributed by atoms with Crippen LogP contribution in [-0.2, 0) is 19.1 Å². The highest BCUT2D eigenvalue weighted by Crippen LogP contribution is 2.73. The standard InChI is InChI=1S/C28H38O6/c1-14-11-21(33-25(32)17(14)13-29)15(2)18-5-6-19-16-12-24-28(34-24)23(31)8-7-22(30)27(28,4)20(16)9-10-26(18,19)3/h7-8,15-16,18-21,23-24,29,31H,5-6,9-13H2,1-4H3/t15-,16-,18+,19-,20-,21?,23-,24+,26+,27-,28+/m0/s1. The minimum absolute atomic E-state index is 0.0366. The number of carbonyl (C=O) groups excluding carboxylic acids is 2. The maximum Gasteiger partial charge on any atom is 0.336 e. The summed E-state index contributed by atoms with van der Waals surface area (Å²) in [6.45, 7) is 8.41. The van der Waals surface area contributed by atoms with Crippen molar-refractivity contribution in [1.82, 2.24) is 0 Å². The predicted molar refractivity (Wildman–Crippen MR) is 124 cm³/mol. The Morgan fingerprint density at radius 2 is 1.94 bits per heavy atom. The summed E-state index contributed by atoms with van der Waals surface area (Å²) in [5.41, 5.74) is 0.129. The Balaban J connectivity index is 1.27. The zero-order valence-electron chi connectivity index (χ0n) is 20.8. The number of ketones is 1. The summed E-state index contributed by atoms with van der Waals surface area (Å²) in [7, 11) is 0. The van der Waals surface area contributed by atoms with Gasteiger partial charge in [-0.2, -0.15) is 0 Å². The molecule has 2 aliphatic heterocycles. The number of allylic oxidation sites excluding steroid dienone is 1. The highest BCUT2D eigenvalue weighted by molar-refractivity contribution is 5.98. The number of ether oxygens (including phenoxy) is 2. The number of hydrogen-bond donors (Lipinski definition) is 2. The molecule has 6 nitrogen and oxygen atoms in total. The lowest BCUT2D eigenvalue weighted by Gasteiger charge is -2.58. The molecule has 0 aromatic heterocycles. The maximum absolute atomic E-state index is 13.3. The molecular formula is C28H38O6. The first kappa shape index (κ1) is 22.9. The molecular weight excluding hydrogens is 432 g/mol. The van der Waals surface area contributed by atoms with E-state index in [0.29, 0.717) is 29.7 Å². The molecule has 0 radical (unpaired) electrons. The molecule has 0 bridgehead atoms. The molecule has 1 unspecified atom stereocenters. The maximum atomic E-state index is 13.3. The van der Waals surface area contributed by atoms with Gasteiger partial charge in [-0.1, -0.05) is 19.4 Å². The second-order valence-electron chi connectivity index (χ2n) is 12.5. The monoisotopic (exact) mass is 470 g/mol. The molecule has 34 heavy (non-hydrogen) atoms. The molecule has 1 spiro atoms. The number of hydrogen-bond acceptors (Lipinski definition) is 6. The van der Waals surface area contributed by atoms with E-state index in [0.717, 1.165) is 37.7 Å². The number of esters is 1. The van der Waals surface area contributed by atoms with Gasteiger partial charge in [0.1, 0.15) is 17.8 Å². The lowest BCUT2D eigenvalue weighted by atomic mass is 9.44. The summed E-state index contributed by atoms with van der Waals surface area (Å²) in [6.07, 6.45) is 8.23. The van der Waals surface area contributed by atoms with Gasteiger partial charge in [0.25, 0.3) is 0 Å². The van der Waals surface area contributed by atoms with Gasteiger partial charge in [0.15, 0.2) is 5.78 Å². The van der Waals surface area contributed by atoms with Crippen molar-refractivity contribution in [2.45, 2.75) is 90.1 Å². The summed E-state index contributed by atoms with van der Waals surface area (Å²) in [6, 6.07) is 0. The lowest BCUT2D eigenvalue weighted by molar-refractivity contribution is -0.155. The minimum Gasteiger partial charge on any atom is -0.458 e. The van der Waals surface area contributed by atoms with Crippen LogP contribution in [0.3, 0.4) is 0 Å². The fourth-order valence-electron chi connectivity index (χ4n) is 9.69. The van der Waals surface area contributed by atoms with Crippen LogP contribution in [0.15, 0.2) is 23.3 Å². The van der Waals surface area contributed by atoms with Crippen LogP contribution in [0.2, 0.25) is 0 Å². The van der Waals surface area contributed by atoms with Gasteiger partial charge in [0.05, 0.1) is 23.7 Å². The van der Waals surface area contributed by atoms with Gasteiger partial charge in [-0.15, -0.1) is 0 Å². The van der Waals surface area contributed by atoms with Gasteiger partial charge in [0.2, 0.25) is 0 Å². The summed E-state index contributed by atoms with van der Waals surface area (Å²) >= 11 is 0.